The number of hydrogen-bond acceptors (Lipinski definition) is 13. The zero-order valence-electron chi connectivity index (χ0n) is 26.5. The minimum Gasteiger partial charge on any atom is -0.491 e. The van der Waals surface area contributed by atoms with E-state index in [1.54, 1.807) is 38.1 Å². The van der Waals surface area contributed by atoms with Crippen LogP contribution in [-0.2, 0) is 39.6 Å². The Labute approximate surface area is 265 Å². The number of nitrogen functional groups attached to an aromatic ring is 1. The Hall–Kier alpha value is -4.02. The SMILES string of the molecule is CCOC(=O)[C@H](C)NP(=O)(COC(COc1ccccc1)Cn1c(=O)[nH]c2c(N)nc(OCCOC)nc21)N[C@@H](C)C(=O)OCC. The monoisotopic (exact) mass is 667 g/mol. The number of ether oxygens (including phenoxy) is 6. The third-order valence-electron chi connectivity index (χ3n) is 6.29. The molecule has 46 heavy (non-hydrogen) atoms. The van der Waals surface area contributed by atoms with Gasteiger partial charge in [-0.2, -0.15) is 9.97 Å². The number of methoxy groups -OCH3 is 1. The first-order chi connectivity index (χ1) is 22.0. The summed E-state index contributed by atoms with van der Waals surface area (Å²) in [4.78, 5) is 48.9. The number of aromatic amines is 1. The maximum Gasteiger partial charge on any atom is 0.327 e. The van der Waals surface area contributed by atoms with E-state index in [2.05, 4.69) is 25.1 Å². The molecule has 0 aliphatic rings. The van der Waals surface area contributed by atoms with Crippen LogP contribution in [0.5, 0.6) is 11.8 Å². The van der Waals surface area contributed by atoms with E-state index in [4.69, 9.17) is 34.2 Å². The van der Waals surface area contributed by atoms with Crippen LogP contribution in [-0.4, -0.2) is 96.1 Å². The molecule has 2 aromatic heterocycles. The number of para-hydroxylation sites is 1. The lowest BCUT2D eigenvalue weighted by Gasteiger charge is -2.28. The van der Waals surface area contributed by atoms with Crippen LogP contribution in [0.4, 0.5) is 5.82 Å². The number of rotatable bonds is 20. The largest absolute Gasteiger partial charge is 0.491 e. The molecule has 0 radical (unpaired) electrons. The van der Waals surface area contributed by atoms with E-state index >= 15 is 0 Å². The Kier molecular flexibility index (Phi) is 14.0. The summed E-state index contributed by atoms with van der Waals surface area (Å²) < 4.78 is 48.1. The molecule has 3 rings (SSSR count). The minimum atomic E-state index is -3.87. The molecule has 0 saturated heterocycles. The van der Waals surface area contributed by atoms with Gasteiger partial charge in [-0.25, -0.2) is 15.0 Å². The molecule has 254 valence electrons. The average molecular weight is 668 g/mol. The van der Waals surface area contributed by atoms with Gasteiger partial charge in [-0.05, 0) is 39.8 Å². The Morgan fingerprint density at radius 1 is 1.00 bits per heavy atom. The second-order valence-corrected chi connectivity index (χ2v) is 12.2. The summed E-state index contributed by atoms with van der Waals surface area (Å²) in [5.41, 5.74) is 5.84. The molecule has 2 heterocycles. The molecule has 5 N–H and O–H groups in total. The topological polar surface area (TPSA) is 220 Å². The number of aromatic nitrogens is 4. The number of carbonyl (C=O) groups is 2. The smallest absolute Gasteiger partial charge is 0.327 e. The molecule has 3 aromatic rings. The van der Waals surface area contributed by atoms with Crippen LogP contribution in [0.25, 0.3) is 11.2 Å². The van der Waals surface area contributed by atoms with Crippen LogP contribution in [0.3, 0.4) is 0 Å². The zero-order valence-corrected chi connectivity index (χ0v) is 27.4. The highest BCUT2D eigenvalue weighted by Gasteiger charge is 2.33. The van der Waals surface area contributed by atoms with Crippen LogP contribution in [0.15, 0.2) is 35.1 Å². The van der Waals surface area contributed by atoms with Crippen molar-refractivity contribution in [2.45, 2.75) is 52.4 Å². The fourth-order valence-corrected chi connectivity index (χ4v) is 6.24. The van der Waals surface area contributed by atoms with Crippen LogP contribution >= 0.6 is 7.44 Å². The standard InChI is InChI=1S/C28H42N7O10P/c1-6-41-25(36)18(3)33-46(39,34-19(4)26(37)42-7-2)17-45-21(16-44-20-11-9-8-10-12-20)15-35-24-22(30-28(35)38)23(29)31-27(32-24)43-14-13-40-5/h8-12,18-19,21H,6-7,13-17H2,1-5H3,(H,30,38)(H2,29,31,32)(H2,33,34,39)/t18-,19-,21?/m0/s1. The molecule has 0 saturated carbocycles. The van der Waals surface area contributed by atoms with Crippen molar-refractivity contribution < 1.29 is 42.6 Å². The number of benzene rings is 1. The molecule has 0 aliphatic heterocycles. The highest BCUT2D eigenvalue weighted by Crippen LogP contribution is 2.38. The molecule has 0 spiro atoms. The summed E-state index contributed by atoms with van der Waals surface area (Å²) in [7, 11) is -2.35. The molecule has 0 amide bonds. The highest BCUT2D eigenvalue weighted by molar-refractivity contribution is 7.59. The number of imidazole rings is 1. The van der Waals surface area contributed by atoms with Gasteiger partial charge in [-0.3, -0.25) is 18.7 Å². The van der Waals surface area contributed by atoms with Gasteiger partial charge >= 0.3 is 23.6 Å². The second-order valence-electron chi connectivity index (χ2n) is 9.96. The molecule has 17 nitrogen and oxygen atoms in total. The maximum atomic E-state index is 14.2. The van der Waals surface area contributed by atoms with E-state index in [-0.39, 0.29) is 62.6 Å². The summed E-state index contributed by atoms with van der Waals surface area (Å²) in [6.07, 6.45) is -1.44. The molecule has 1 aromatic carbocycles. The van der Waals surface area contributed by atoms with Gasteiger partial charge < -0.3 is 39.1 Å². The lowest BCUT2D eigenvalue weighted by atomic mass is 10.3. The molecule has 0 bridgehead atoms. The molecule has 18 heteroatoms. The number of esters is 2. The van der Waals surface area contributed by atoms with E-state index in [1.165, 1.54) is 25.5 Å². The van der Waals surface area contributed by atoms with Crippen molar-refractivity contribution in [2.24, 2.45) is 0 Å². The number of nitrogens with one attached hydrogen (secondary N) is 3. The van der Waals surface area contributed by atoms with Crippen LogP contribution in [0, 0.1) is 0 Å². The first-order valence-electron chi connectivity index (χ1n) is 14.6. The quantitative estimate of drug-likeness (QED) is 0.0760. The fourth-order valence-electron chi connectivity index (χ4n) is 4.13. The number of nitrogens with zero attached hydrogens (tertiary/aromatic N) is 3. The summed E-state index contributed by atoms with van der Waals surface area (Å²) >= 11 is 0. The first-order valence-corrected chi connectivity index (χ1v) is 16.5. The number of carbonyl (C=O) groups excluding carboxylic acids is 2. The molecule has 1 unspecified atom stereocenters. The third kappa shape index (κ3) is 10.5. The zero-order chi connectivity index (χ0) is 33.7. The van der Waals surface area contributed by atoms with Crippen LogP contribution in [0.2, 0.25) is 0 Å². The van der Waals surface area contributed by atoms with Crippen molar-refractivity contribution in [3.63, 3.8) is 0 Å². The maximum absolute atomic E-state index is 14.2. The first kappa shape index (κ1) is 36.4. The van der Waals surface area contributed by atoms with E-state index in [0.717, 1.165) is 0 Å². The Morgan fingerprint density at radius 3 is 2.22 bits per heavy atom. The summed E-state index contributed by atoms with van der Waals surface area (Å²) in [5.74, 6) is -0.786. The summed E-state index contributed by atoms with van der Waals surface area (Å²) in [6, 6.07) is 6.76. The normalized spacial score (nSPS) is 13.6. The molecule has 0 fully saturated rings. The van der Waals surface area contributed by atoms with Gasteiger partial charge in [-0.15, -0.1) is 0 Å². The summed E-state index contributed by atoms with van der Waals surface area (Å²) in [5, 5.41) is 5.46. The van der Waals surface area contributed by atoms with E-state index in [9.17, 15) is 18.9 Å². The molecular weight excluding hydrogens is 625 g/mol. The Bertz CT molecular complexity index is 1500. The van der Waals surface area contributed by atoms with Gasteiger partial charge in [0.1, 0.15) is 49.0 Å². The minimum absolute atomic E-state index is 0.00919. The van der Waals surface area contributed by atoms with E-state index in [0.29, 0.717) is 5.75 Å². The predicted molar refractivity (Wildman–Crippen MR) is 168 cm³/mol. The number of nitrogens with two attached hydrogens (primary N) is 1. The van der Waals surface area contributed by atoms with Gasteiger partial charge in [0.15, 0.2) is 11.5 Å². The van der Waals surface area contributed by atoms with Crippen molar-refractivity contribution >= 4 is 36.4 Å². The Balaban J connectivity index is 1.92. The molecule has 3 atom stereocenters. The van der Waals surface area contributed by atoms with Gasteiger partial charge in [-0.1, -0.05) is 18.2 Å². The van der Waals surface area contributed by atoms with Gasteiger partial charge in [0.05, 0.1) is 26.4 Å². The predicted octanol–water partition coefficient (Wildman–Crippen LogP) is 1.42. The fraction of sp³-hybridized carbons (Fsp3) is 0.536. The van der Waals surface area contributed by atoms with E-state index < -0.39 is 49.6 Å². The van der Waals surface area contributed by atoms with Crippen molar-refractivity contribution in [1.29, 1.82) is 0 Å². The van der Waals surface area contributed by atoms with E-state index in [1.807, 2.05) is 6.07 Å². The number of fused-ring (bicyclic) bond motifs is 1. The van der Waals surface area contributed by atoms with Crippen molar-refractivity contribution in [3.8, 4) is 11.8 Å². The third-order valence-corrected chi connectivity index (χ3v) is 8.41. The summed E-state index contributed by atoms with van der Waals surface area (Å²) in [6.45, 7) is 6.65. The van der Waals surface area contributed by atoms with Crippen LogP contribution < -0.4 is 31.1 Å². The number of H-pyrrole nitrogens is 1. The van der Waals surface area contributed by atoms with Crippen molar-refractivity contribution in [1.82, 2.24) is 29.7 Å². The number of hydrogen-bond donors (Lipinski definition) is 4. The van der Waals surface area contributed by atoms with Crippen LogP contribution in [0.1, 0.15) is 27.7 Å². The average Bonchev–Trinajstić information content (AvgIpc) is 3.34. The lowest BCUT2D eigenvalue weighted by Crippen LogP contribution is -2.43. The molecule has 0 aliphatic carbocycles. The second kappa shape index (κ2) is 17.6. The van der Waals surface area contributed by atoms with Crippen molar-refractivity contribution in [2.75, 3.05) is 52.2 Å². The number of anilines is 1. The molecular formula is C28H42N7O10P. The Morgan fingerprint density at radius 2 is 1.63 bits per heavy atom. The van der Waals surface area contributed by atoms with Gasteiger partial charge in [0.2, 0.25) is 7.44 Å². The lowest BCUT2D eigenvalue weighted by molar-refractivity contribution is -0.145. The van der Waals surface area contributed by atoms with Gasteiger partial charge in [0.25, 0.3) is 0 Å². The van der Waals surface area contributed by atoms with Gasteiger partial charge in [0, 0.05) is 7.11 Å². The van der Waals surface area contributed by atoms with Crippen molar-refractivity contribution in [3.05, 3.63) is 40.8 Å². The highest BCUT2D eigenvalue weighted by atomic mass is 31.2.